The molecule has 2 aromatic rings. The van der Waals surface area contributed by atoms with Gasteiger partial charge in [-0.3, -0.25) is 9.59 Å². The molecule has 10 heteroatoms. The maximum Gasteiger partial charge on any atom is 0.573 e. The number of halogens is 3. The summed E-state index contributed by atoms with van der Waals surface area (Å²) in [5.41, 5.74) is -0.972. The van der Waals surface area contributed by atoms with Crippen LogP contribution in [0.15, 0.2) is 36.4 Å². The molecule has 2 rings (SSSR count). The quantitative estimate of drug-likeness (QED) is 0.556. The van der Waals surface area contributed by atoms with Crippen molar-refractivity contribution in [1.29, 1.82) is 5.26 Å². The van der Waals surface area contributed by atoms with E-state index in [-0.39, 0.29) is 29.2 Å². The van der Waals surface area contributed by atoms with Crippen LogP contribution in [0.4, 0.5) is 13.2 Å². The first-order valence-corrected chi connectivity index (χ1v) is 9.54. The van der Waals surface area contributed by atoms with E-state index in [9.17, 15) is 33.1 Å². The van der Waals surface area contributed by atoms with E-state index < -0.39 is 23.6 Å². The first-order chi connectivity index (χ1) is 15.0. The number of carbonyl (C=O) groups is 2. The second-order valence-electron chi connectivity index (χ2n) is 7.11. The van der Waals surface area contributed by atoms with E-state index in [2.05, 4.69) is 10.1 Å². The number of ether oxygens (including phenoxy) is 2. The molecule has 0 saturated heterocycles. The molecular weight excluding hydrogens is 429 g/mol. The summed E-state index contributed by atoms with van der Waals surface area (Å²) in [5.74, 6) is -1.13. The fourth-order valence-corrected chi connectivity index (χ4v) is 2.81. The molecule has 170 valence electrons. The Morgan fingerprint density at radius 1 is 1.22 bits per heavy atom. The molecule has 1 amide bonds. The third kappa shape index (κ3) is 6.38. The number of hydrogen-bond acceptors (Lipinski definition) is 6. The lowest BCUT2D eigenvalue weighted by Crippen LogP contribution is -2.49. The summed E-state index contributed by atoms with van der Waals surface area (Å²) in [7, 11) is 0. The second kappa shape index (κ2) is 10.0. The minimum Gasteiger partial charge on any atom is -0.507 e. The van der Waals surface area contributed by atoms with E-state index in [0.29, 0.717) is 24.7 Å². The number of nitriles is 1. The monoisotopic (exact) mass is 450 g/mol. The zero-order valence-corrected chi connectivity index (χ0v) is 17.3. The van der Waals surface area contributed by atoms with Crippen molar-refractivity contribution in [2.45, 2.75) is 38.6 Å². The van der Waals surface area contributed by atoms with Crippen molar-refractivity contribution < 1.29 is 37.3 Å². The van der Waals surface area contributed by atoms with Gasteiger partial charge < -0.3 is 19.9 Å². The minimum atomic E-state index is -4.85. The Labute approximate surface area is 182 Å². The van der Waals surface area contributed by atoms with Gasteiger partial charge in [-0.2, -0.15) is 5.26 Å². The van der Waals surface area contributed by atoms with Crippen molar-refractivity contribution in [1.82, 2.24) is 5.32 Å². The smallest absolute Gasteiger partial charge is 0.507 e. The molecule has 0 spiro atoms. The minimum absolute atomic E-state index is 0.0145. The molecule has 7 nitrogen and oxygen atoms in total. The number of aldehydes is 1. The number of aromatic hydroxyl groups is 1. The summed E-state index contributed by atoms with van der Waals surface area (Å²) >= 11 is 0. The number of phenols is 1. The van der Waals surface area contributed by atoms with Crippen LogP contribution < -0.4 is 14.8 Å². The molecule has 0 radical (unpaired) electrons. The van der Waals surface area contributed by atoms with Crippen molar-refractivity contribution in [2.24, 2.45) is 0 Å². The molecule has 0 heterocycles. The fourth-order valence-electron chi connectivity index (χ4n) is 2.81. The van der Waals surface area contributed by atoms with E-state index in [1.54, 1.807) is 0 Å². The Hall–Kier alpha value is -3.74. The Morgan fingerprint density at radius 2 is 1.88 bits per heavy atom. The lowest BCUT2D eigenvalue weighted by Gasteiger charge is -2.24. The van der Waals surface area contributed by atoms with Crippen molar-refractivity contribution in [3.8, 4) is 23.3 Å². The number of hydrogen-bond donors (Lipinski definition) is 2. The number of alkyl halides is 3. The van der Waals surface area contributed by atoms with Crippen LogP contribution >= 0.6 is 0 Å². The highest BCUT2D eigenvalue weighted by molar-refractivity contribution is 5.95. The van der Waals surface area contributed by atoms with E-state index in [1.807, 2.05) is 13.0 Å². The summed E-state index contributed by atoms with van der Waals surface area (Å²) in [6, 6.07) is 9.03. The van der Waals surface area contributed by atoms with Gasteiger partial charge in [0, 0.05) is 11.1 Å². The van der Waals surface area contributed by atoms with Crippen LogP contribution in [-0.2, 0) is 6.42 Å². The van der Waals surface area contributed by atoms with Crippen LogP contribution in [0.1, 0.15) is 46.5 Å². The molecule has 0 aliphatic carbocycles. The zero-order chi connectivity index (χ0) is 23.9. The van der Waals surface area contributed by atoms with Crippen LogP contribution in [0.3, 0.4) is 0 Å². The van der Waals surface area contributed by atoms with Crippen LogP contribution in [-0.4, -0.2) is 35.8 Å². The summed E-state index contributed by atoms with van der Waals surface area (Å²) in [5, 5.41) is 22.3. The molecule has 32 heavy (non-hydrogen) atoms. The maximum atomic E-state index is 12.5. The zero-order valence-electron chi connectivity index (χ0n) is 17.3. The van der Waals surface area contributed by atoms with Gasteiger partial charge in [0.05, 0.1) is 11.6 Å². The Morgan fingerprint density at radius 3 is 2.41 bits per heavy atom. The first-order valence-electron chi connectivity index (χ1n) is 9.54. The number of rotatable bonds is 9. The molecule has 0 aromatic heterocycles. The largest absolute Gasteiger partial charge is 0.573 e. The molecule has 0 bridgehead atoms. The van der Waals surface area contributed by atoms with Gasteiger partial charge >= 0.3 is 6.36 Å². The molecule has 0 aliphatic heterocycles. The van der Waals surface area contributed by atoms with E-state index in [0.717, 1.165) is 24.3 Å². The van der Waals surface area contributed by atoms with E-state index >= 15 is 0 Å². The number of phenolic OH excluding ortho intramolecular Hbond substituents is 1. The average Bonchev–Trinajstić information content (AvgIpc) is 2.73. The van der Waals surface area contributed by atoms with Gasteiger partial charge in [0.2, 0.25) is 0 Å². The molecular formula is C22H21F3N2O5. The normalized spacial score (nSPS) is 12.9. The predicted molar refractivity (Wildman–Crippen MR) is 108 cm³/mol. The van der Waals surface area contributed by atoms with Crippen LogP contribution in [0.25, 0.3) is 0 Å². The fraction of sp³-hybridized carbons (Fsp3) is 0.318. The molecule has 0 fully saturated rings. The SMILES string of the molecule is CCCc1c(OCC(C)(C#N)NC(=O)c2ccc(OC(F)(F)F)cc2)ccc(C=O)c1O. The van der Waals surface area contributed by atoms with Gasteiger partial charge in [0.15, 0.2) is 11.8 Å². The van der Waals surface area contributed by atoms with E-state index in [4.69, 9.17) is 4.74 Å². The number of carbonyl (C=O) groups excluding carboxylic acids is 2. The molecule has 2 N–H and O–H groups in total. The molecule has 2 aromatic carbocycles. The molecule has 1 unspecified atom stereocenters. The van der Waals surface area contributed by atoms with Crippen LogP contribution in [0.2, 0.25) is 0 Å². The van der Waals surface area contributed by atoms with Gasteiger partial charge in [-0.15, -0.1) is 13.2 Å². The van der Waals surface area contributed by atoms with Gasteiger partial charge in [-0.05, 0) is 49.7 Å². The maximum absolute atomic E-state index is 12.5. The summed E-state index contributed by atoms with van der Waals surface area (Å²) in [6.45, 7) is 2.99. The predicted octanol–water partition coefficient (Wildman–Crippen LogP) is 4.15. The highest BCUT2D eigenvalue weighted by atomic mass is 19.4. The summed E-state index contributed by atoms with van der Waals surface area (Å²) < 4.78 is 46.2. The van der Waals surface area contributed by atoms with Crippen molar-refractivity contribution in [3.63, 3.8) is 0 Å². The van der Waals surface area contributed by atoms with Gasteiger partial charge in [-0.25, -0.2) is 0 Å². The highest BCUT2D eigenvalue weighted by Crippen LogP contribution is 2.32. The Balaban J connectivity index is 2.13. The summed E-state index contributed by atoms with van der Waals surface area (Å²) in [6.07, 6.45) is -3.25. The Kier molecular flexibility index (Phi) is 7.70. The number of benzene rings is 2. The molecule has 0 aliphatic rings. The number of nitrogens with zero attached hydrogens (tertiary/aromatic N) is 1. The third-order valence-corrected chi connectivity index (χ3v) is 4.40. The number of amides is 1. The lowest BCUT2D eigenvalue weighted by atomic mass is 10.0. The van der Waals surface area contributed by atoms with Gasteiger partial charge in [0.25, 0.3) is 5.91 Å². The van der Waals surface area contributed by atoms with Crippen molar-refractivity contribution in [2.75, 3.05) is 6.61 Å². The lowest BCUT2D eigenvalue weighted by molar-refractivity contribution is -0.274. The second-order valence-corrected chi connectivity index (χ2v) is 7.11. The standard InChI is InChI=1S/C22H21F3N2O5/c1-3-4-17-18(10-7-15(11-28)19(17)29)31-13-21(2,12-26)27-20(30)14-5-8-16(9-6-14)32-22(23,24)25/h5-11,29H,3-4,13H2,1-2H3,(H,27,30). The Bertz CT molecular complexity index is 1020. The van der Waals surface area contributed by atoms with E-state index in [1.165, 1.54) is 19.1 Å². The average molecular weight is 450 g/mol. The van der Waals surface area contributed by atoms with Gasteiger partial charge in [-0.1, -0.05) is 13.3 Å². The van der Waals surface area contributed by atoms with Gasteiger partial charge in [0.1, 0.15) is 23.9 Å². The van der Waals surface area contributed by atoms with Crippen LogP contribution in [0.5, 0.6) is 17.2 Å². The highest BCUT2D eigenvalue weighted by Gasteiger charge is 2.31. The number of nitrogens with one attached hydrogen (secondary N) is 1. The first kappa shape index (κ1) is 24.5. The molecule has 1 atom stereocenters. The molecule has 0 saturated carbocycles. The topological polar surface area (TPSA) is 109 Å². The van der Waals surface area contributed by atoms with Crippen molar-refractivity contribution in [3.05, 3.63) is 53.1 Å². The summed E-state index contributed by atoms with van der Waals surface area (Å²) in [4.78, 5) is 23.5. The third-order valence-electron chi connectivity index (χ3n) is 4.40. The van der Waals surface area contributed by atoms with Crippen LogP contribution in [0, 0.1) is 11.3 Å². The van der Waals surface area contributed by atoms with Crippen molar-refractivity contribution >= 4 is 12.2 Å².